The normalized spacial score (nSPS) is 24.2. The Bertz CT molecular complexity index is 147. The van der Waals surface area contributed by atoms with E-state index in [4.69, 9.17) is 4.74 Å². The van der Waals surface area contributed by atoms with Gasteiger partial charge in [0, 0.05) is 13.5 Å². The fourth-order valence-electron chi connectivity index (χ4n) is 1.37. The lowest BCUT2D eigenvalue weighted by Crippen LogP contribution is -2.34. The smallest absolute Gasteiger partial charge is 0.221 e. The van der Waals surface area contributed by atoms with Gasteiger partial charge in [-0.1, -0.05) is 13.3 Å². The van der Waals surface area contributed by atoms with Gasteiger partial charge >= 0.3 is 0 Å². The second-order valence-electron chi connectivity index (χ2n) is 2.83. The lowest BCUT2D eigenvalue weighted by atomic mass is 10.3. The molecule has 0 saturated carbocycles. The summed E-state index contributed by atoms with van der Waals surface area (Å²) in [5, 5.41) is 0. The number of hydrogen-bond acceptors (Lipinski definition) is 2. The minimum Gasteiger partial charge on any atom is -0.356 e. The monoisotopic (exact) mass is 157 g/mol. The van der Waals surface area contributed by atoms with Crippen LogP contribution in [0.5, 0.6) is 0 Å². The van der Waals surface area contributed by atoms with Crippen molar-refractivity contribution >= 4 is 5.91 Å². The third kappa shape index (κ3) is 1.93. The van der Waals surface area contributed by atoms with Gasteiger partial charge in [0.25, 0.3) is 0 Å². The molecule has 1 unspecified atom stereocenters. The molecule has 3 nitrogen and oxygen atoms in total. The van der Waals surface area contributed by atoms with Gasteiger partial charge in [0.1, 0.15) is 6.23 Å². The van der Waals surface area contributed by atoms with Crippen LogP contribution in [0.4, 0.5) is 0 Å². The number of nitrogens with zero attached hydrogens (tertiary/aromatic N) is 1. The maximum Gasteiger partial charge on any atom is 0.221 e. The van der Waals surface area contributed by atoms with E-state index in [9.17, 15) is 4.79 Å². The Morgan fingerprint density at radius 3 is 3.00 bits per heavy atom. The topological polar surface area (TPSA) is 29.5 Å². The van der Waals surface area contributed by atoms with Crippen molar-refractivity contribution in [2.45, 2.75) is 32.9 Å². The van der Waals surface area contributed by atoms with E-state index in [-0.39, 0.29) is 12.1 Å². The molecule has 1 heterocycles. The van der Waals surface area contributed by atoms with Crippen LogP contribution in [-0.2, 0) is 9.53 Å². The summed E-state index contributed by atoms with van der Waals surface area (Å²) in [5.74, 6) is 0.126. The second kappa shape index (κ2) is 3.72. The van der Waals surface area contributed by atoms with Crippen LogP contribution in [0.1, 0.15) is 26.7 Å². The first kappa shape index (κ1) is 8.53. The first-order valence-corrected chi connectivity index (χ1v) is 4.14. The summed E-state index contributed by atoms with van der Waals surface area (Å²) in [6, 6.07) is 0. The maximum atomic E-state index is 11.0. The molecule has 1 saturated heterocycles. The fraction of sp³-hybridized carbons (Fsp3) is 0.875. The zero-order valence-corrected chi connectivity index (χ0v) is 7.17. The van der Waals surface area contributed by atoms with E-state index in [1.54, 1.807) is 11.8 Å². The Morgan fingerprint density at radius 2 is 2.45 bits per heavy atom. The predicted molar refractivity (Wildman–Crippen MR) is 42.0 cm³/mol. The molecular formula is C8H15NO2. The Labute approximate surface area is 67.3 Å². The number of carbonyl (C=O) groups excluding carboxylic acids is 1. The van der Waals surface area contributed by atoms with Crippen molar-refractivity contribution in [1.29, 1.82) is 0 Å². The minimum absolute atomic E-state index is 0.0532. The summed E-state index contributed by atoms with van der Waals surface area (Å²) in [6.07, 6.45) is 2.08. The molecule has 11 heavy (non-hydrogen) atoms. The molecular weight excluding hydrogens is 142 g/mol. The van der Waals surface area contributed by atoms with Gasteiger partial charge in [-0.25, -0.2) is 0 Å². The summed E-state index contributed by atoms with van der Waals surface area (Å²) in [7, 11) is 0. The van der Waals surface area contributed by atoms with Crippen LogP contribution >= 0.6 is 0 Å². The molecule has 0 spiro atoms. The van der Waals surface area contributed by atoms with Crippen LogP contribution in [0.15, 0.2) is 0 Å². The fourth-order valence-corrected chi connectivity index (χ4v) is 1.37. The molecule has 0 aromatic rings. The van der Waals surface area contributed by atoms with Gasteiger partial charge in [0.15, 0.2) is 0 Å². The Kier molecular flexibility index (Phi) is 2.88. The van der Waals surface area contributed by atoms with Gasteiger partial charge < -0.3 is 9.64 Å². The molecule has 0 N–H and O–H groups in total. The van der Waals surface area contributed by atoms with Crippen LogP contribution in [0.2, 0.25) is 0 Å². The predicted octanol–water partition coefficient (Wildman–Crippen LogP) is 0.991. The molecule has 0 bridgehead atoms. The number of hydrogen-bond donors (Lipinski definition) is 0. The highest BCUT2D eigenvalue weighted by Crippen LogP contribution is 2.14. The first-order chi connectivity index (χ1) is 5.25. The molecule has 0 aliphatic carbocycles. The van der Waals surface area contributed by atoms with Gasteiger partial charge in [-0.15, -0.1) is 0 Å². The summed E-state index contributed by atoms with van der Waals surface area (Å²) in [5.41, 5.74) is 0. The quantitative estimate of drug-likeness (QED) is 0.598. The van der Waals surface area contributed by atoms with E-state index in [2.05, 4.69) is 6.92 Å². The maximum absolute atomic E-state index is 11.0. The van der Waals surface area contributed by atoms with Crippen LogP contribution < -0.4 is 0 Å². The molecule has 1 fully saturated rings. The average molecular weight is 157 g/mol. The standard InChI is InChI=1S/C8H15NO2/c1-3-4-8-9(7(2)10)5-6-11-8/h8H,3-6H2,1-2H3. The molecule has 0 aromatic carbocycles. The summed E-state index contributed by atoms with van der Waals surface area (Å²) in [6.45, 7) is 5.15. The number of ether oxygens (including phenoxy) is 1. The van der Waals surface area contributed by atoms with Crippen molar-refractivity contribution in [3.8, 4) is 0 Å². The number of amides is 1. The third-order valence-corrected chi connectivity index (χ3v) is 1.93. The van der Waals surface area contributed by atoms with Crippen molar-refractivity contribution in [3.63, 3.8) is 0 Å². The summed E-state index contributed by atoms with van der Waals surface area (Å²) < 4.78 is 5.37. The molecule has 1 aliphatic rings. The van der Waals surface area contributed by atoms with E-state index in [1.807, 2.05) is 0 Å². The molecule has 0 aromatic heterocycles. The Balaban J connectivity index is 2.44. The van der Waals surface area contributed by atoms with Crippen LogP contribution in [-0.4, -0.2) is 30.2 Å². The largest absolute Gasteiger partial charge is 0.356 e. The van der Waals surface area contributed by atoms with Gasteiger partial charge in [0.05, 0.1) is 6.61 Å². The van der Waals surface area contributed by atoms with Crippen molar-refractivity contribution in [2.75, 3.05) is 13.2 Å². The van der Waals surface area contributed by atoms with E-state index >= 15 is 0 Å². The van der Waals surface area contributed by atoms with Crippen LogP contribution in [0.3, 0.4) is 0 Å². The highest BCUT2D eigenvalue weighted by molar-refractivity contribution is 5.73. The number of carbonyl (C=O) groups is 1. The van der Waals surface area contributed by atoms with Crippen molar-refractivity contribution in [2.24, 2.45) is 0 Å². The molecule has 3 heteroatoms. The van der Waals surface area contributed by atoms with Crippen molar-refractivity contribution in [1.82, 2.24) is 4.90 Å². The molecule has 64 valence electrons. The first-order valence-electron chi connectivity index (χ1n) is 4.14. The average Bonchev–Trinajstić information content (AvgIpc) is 2.36. The van der Waals surface area contributed by atoms with Crippen LogP contribution in [0.25, 0.3) is 0 Å². The van der Waals surface area contributed by atoms with E-state index in [0.717, 1.165) is 19.4 Å². The lowest BCUT2D eigenvalue weighted by molar-refractivity contribution is -0.133. The van der Waals surface area contributed by atoms with Crippen molar-refractivity contribution in [3.05, 3.63) is 0 Å². The molecule has 1 amide bonds. The van der Waals surface area contributed by atoms with E-state index in [0.29, 0.717) is 6.61 Å². The summed E-state index contributed by atoms with van der Waals surface area (Å²) in [4.78, 5) is 12.8. The highest BCUT2D eigenvalue weighted by Gasteiger charge is 2.25. The third-order valence-electron chi connectivity index (χ3n) is 1.93. The molecule has 1 aliphatic heterocycles. The highest BCUT2D eigenvalue weighted by atomic mass is 16.5. The minimum atomic E-state index is 0.0532. The molecule has 1 atom stereocenters. The van der Waals surface area contributed by atoms with Gasteiger partial charge in [-0.2, -0.15) is 0 Å². The zero-order chi connectivity index (χ0) is 8.27. The zero-order valence-electron chi connectivity index (χ0n) is 7.17. The molecule has 0 radical (unpaired) electrons. The Hall–Kier alpha value is -0.570. The summed E-state index contributed by atoms with van der Waals surface area (Å²) >= 11 is 0. The van der Waals surface area contributed by atoms with E-state index < -0.39 is 0 Å². The van der Waals surface area contributed by atoms with E-state index in [1.165, 1.54) is 0 Å². The van der Waals surface area contributed by atoms with Gasteiger partial charge in [0.2, 0.25) is 5.91 Å². The van der Waals surface area contributed by atoms with Gasteiger partial charge in [-0.3, -0.25) is 4.79 Å². The lowest BCUT2D eigenvalue weighted by Gasteiger charge is -2.20. The Morgan fingerprint density at radius 1 is 1.73 bits per heavy atom. The van der Waals surface area contributed by atoms with Crippen LogP contribution in [0, 0.1) is 0 Å². The van der Waals surface area contributed by atoms with Crippen molar-refractivity contribution < 1.29 is 9.53 Å². The molecule has 1 rings (SSSR count). The number of rotatable bonds is 2. The van der Waals surface area contributed by atoms with Gasteiger partial charge in [-0.05, 0) is 6.42 Å². The SMILES string of the molecule is CCCC1OCCN1C(C)=O. The second-order valence-corrected chi connectivity index (χ2v) is 2.83.